The lowest BCUT2D eigenvalue weighted by molar-refractivity contribution is 0.638. The van der Waals surface area contributed by atoms with Gasteiger partial charge >= 0.3 is 0 Å². The first-order valence-electron chi connectivity index (χ1n) is 10.0. The Morgan fingerprint density at radius 1 is 0.966 bits per heavy atom. The maximum Gasteiger partial charge on any atom is 0.113 e. The molecule has 1 unspecified atom stereocenters. The van der Waals surface area contributed by atoms with E-state index in [1.807, 2.05) is 24.5 Å². The number of hydrogen-bond donors (Lipinski definition) is 0. The van der Waals surface area contributed by atoms with Gasteiger partial charge in [0.15, 0.2) is 0 Å². The molecule has 2 heterocycles. The maximum absolute atomic E-state index is 6.09. The van der Waals surface area contributed by atoms with Crippen LogP contribution < -0.4 is 0 Å². The number of fused-ring (bicyclic) bond motifs is 1. The SMILES string of the molecule is Cc1cc2nc(C(C)Cc3ccncc3C)n(Cc3ccc(Cl)cc3)c2cc1C. The minimum absolute atomic E-state index is 0.288. The van der Waals surface area contributed by atoms with Gasteiger partial charge in [-0.3, -0.25) is 4.98 Å². The van der Waals surface area contributed by atoms with Gasteiger partial charge in [0.25, 0.3) is 0 Å². The smallest absolute Gasteiger partial charge is 0.113 e. The lowest BCUT2D eigenvalue weighted by Gasteiger charge is -2.16. The Balaban J connectivity index is 1.79. The molecule has 4 rings (SSSR count). The molecule has 2 aromatic carbocycles. The number of imidazole rings is 1. The summed E-state index contributed by atoms with van der Waals surface area (Å²) in [5.41, 5.74) is 8.60. The highest BCUT2D eigenvalue weighted by Crippen LogP contribution is 2.28. The first kappa shape index (κ1) is 19.7. The summed E-state index contributed by atoms with van der Waals surface area (Å²) in [6, 6.07) is 14.7. The predicted molar refractivity (Wildman–Crippen MR) is 121 cm³/mol. The molecular formula is C25H26ClN3. The average molecular weight is 404 g/mol. The molecule has 148 valence electrons. The van der Waals surface area contributed by atoms with Gasteiger partial charge in [-0.1, -0.05) is 30.7 Å². The van der Waals surface area contributed by atoms with Gasteiger partial charge in [-0.05, 0) is 85.3 Å². The minimum Gasteiger partial charge on any atom is -0.323 e. The van der Waals surface area contributed by atoms with E-state index < -0.39 is 0 Å². The fourth-order valence-electron chi connectivity index (χ4n) is 3.87. The summed E-state index contributed by atoms with van der Waals surface area (Å²) in [6.07, 6.45) is 4.75. The molecule has 0 spiro atoms. The average Bonchev–Trinajstić information content (AvgIpc) is 3.03. The van der Waals surface area contributed by atoms with Gasteiger partial charge in [0.05, 0.1) is 11.0 Å². The number of pyridine rings is 1. The number of rotatable bonds is 5. The topological polar surface area (TPSA) is 30.7 Å². The summed E-state index contributed by atoms with van der Waals surface area (Å²) in [7, 11) is 0. The lowest BCUT2D eigenvalue weighted by Crippen LogP contribution is -2.11. The highest BCUT2D eigenvalue weighted by Gasteiger charge is 2.19. The number of nitrogens with zero attached hydrogens (tertiary/aromatic N) is 3. The van der Waals surface area contributed by atoms with Gasteiger partial charge < -0.3 is 4.57 Å². The number of aromatic nitrogens is 3. The van der Waals surface area contributed by atoms with Gasteiger partial charge in [0.1, 0.15) is 5.82 Å². The molecular weight excluding hydrogens is 378 g/mol. The van der Waals surface area contributed by atoms with Crippen molar-refractivity contribution < 1.29 is 0 Å². The molecule has 29 heavy (non-hydrogen) atoms. The van der Waals surface area contributed by atoms with E-state index in [2.05, 4.69) is 67.6 Å². The molecule has 0 saturated carbocycles. The molecule has 2 aromatic heterocycles. The first-order valence-corrected chi connectivity index (χ1v) is 10.4. The van der Waals surface area contributed by atoms with Crippen LogP contribution in [0.25, 0.3) is 11.0 Å². The van der Waals surface area contributed by atoms with E-state index in [1.54, 1.807) is 0 Å². The largest absolute Gasteiger partial charge is 0.323 e. The van der Waals surface area contributed by atoms with E-state index in [1.165, 1.54) is 33.3 Å². The van der Waals surface area contributed by atoms with E-state index in [0.717, 1.165) is 29.3 Å². The Bertz CT molecular complexity index is 1160. The molecule has 0 N–H and O–H groups in total. The third kappa shape index (κ3) is 4.06. The van der Waals surface area contributed by atoms with Crippen LogP contribution in [0.15, 0.2) is 54.9 Å². The van der Waals surface area contributed by atoms with E-state index in [-0.39, 0.29) is 5.92 Å². The Hall–Kier alpha value is -2.65. The van der Waals surface area contributed by atoms with Crippen molar-refractivity contribution in [2.45, 2.75) is 46.6 Å². The van der Waals surface area contributed by atoms with E-state index >= 15 is 0 Å². The van der Waals surface area contributed by atoms with Crippen LogP contribution in [-0.4, -0.2) is 14.5 Å². The number of aryl methyl sites for hydroxylation is 3. The highest BCUT2D eigenvalue weighted by atomic mass is 35.5. The van der Waals surface area contributed by atoms with Gasteiger partial charge in [0.2, 0.25) is 0 Å². The minimum atomic E-state index is 0.288. The third-order valence-corrected chi connectivity index (χ3v) is 6.00. The van der Waals surface area contributed by atoms with Crippen LogP contribution in [0, 0.1) is 20.8 Å². The molecule has 0 aliphatic rings. The van der Waals surface area contributed by atoms with Crippen molar-refractivity contribution in [1.29, 1.82) is 0 Å². The Kier molecular flexibility index (Phi) is 5.42. The Labute approximate surface area is 177 Å². The summed E-state index contributed by atoms with van der Waals surface area (Å²) in [5, 5.41) is 0.762. The van der Waals surface area contributed by atoms with Crippen LogP contribution in [0.4, 0.5) is 0 Å². The second-order valence-electron chi connectivity index (χ2n) is 8.02. The van der Waals surface area contributed by atoms with Gasteiger partial charge in [-0.25, -0.2) is 4.98 Å². The van der Waals surface area contributed by atoms with Gasteiger partial charge in [-0.15, -0.1) is 0 Å². The molecule has 3 nitrogen and oxygen atoms in total. The summed E-state index contributed by atoms with van der Waals surface area (Å²) in [6.45, 7) is 9.48. The maximum atomic E-state index is 6.09. The molecule has 4 heteroatoms. The molecule has 1 atom stereocenters. The highest BCUT2D eigenvalue weighted by molar-refractivity contribution is 6.30. The summed E-state index contributed by atoms with van der Waals surface area (Å²) < 4.78 is 2.37. The second-order valence-corrected chi connectivity index (χ2v) is 8.45. The zero-order chi connectivity index (χ0) is 20.5. The zero-order valence-corrected chi connectivity index (χ0v) is 18.2. The van der Waals surface area contributed by atoms with Crippen LogP contribution in [0.2, 0.25) is 5.02 Å². The molecule has 0 bridgehead atoms. The Morgan fingerprint density at radius 3 is 2.41 bits per heavy atom. The molecule has 0 saturated heterocycles. The summed E-state index contributed by atoms with van der Waals surface area (Å²) in [5.74, 6) is 1.41. The van der Waals surface area contributed by atoms with Gasteiger partial charge in [-0.2, -0.15) is 0 Å². The van der Waals surface area contributed by atoms with Gasteiger partial charge in [0, 0.05) is 29.9 Å². The third-order valence-electron chi connectivity index (χ3n) is 5.75. The molecule has 0 fully saturated rings. The molecule has 0 aliphatic carbocycles. The van der Waals surface area contributed by atoms with Crippen molar-refractivity contribution in [3.8, 4) is 0 Å². The van der Waals surface area contributed by atoms with Crippen molar-refractivity contribution in [3.05, 3.63) is 93.5 Å². The quantitative estimate of drug-likeness (QED) is 0.385. The monoisotopic (exact) mass is 403 g/mol. The Morgan fingerprint density at radius 2 is 1.69 bits per heavy atom. The van der Waals surface area contributed by atoms with Crippen LogP contribution in [-0.2, 0) is 13.0 Å². The number of halogens is 1. The second kappa shape index (κ2) is 8.00. The molecule has 0 radical (unpaired) electrons. The molecule has 0 aliphatic heterocycles. The van der Waals surface area contributed by atoms with E-state index in [9.17, 15) is 0 Å². The first-order chi connectivity index (χ1) is 13.9. The molecule has 0 amide bonds. The molecule has 4 aromatic rings. The fraction of sp³-hybridized carbons (Fsp3) is 0.280. The zero-order valence-electron chi connectivity index (χ0n) is 17.4. The van der Waals surface area contributed by atoms with E-state index in [0.29, 0.717) is 0 Å². The van der Waals surface area contributed by atoms with Crippen LogP contribution in [0.5, 0.6) is 0 Å². The number of benzene rings is 2. The van der Waals surface area contributed by atoms with Crippen molar-refractivity contribution >= 4 is 22.6 Å². The normalized spacial score (nSPS) is 12.4. The lowest BCUT2D eigenvalue weighted by atomic mass is 9.98. The van der Waals surface area contributed by atoms with E-state index in [4.69, 9.17) is 16.6 Å². The van der Waals surface area contributed by atoms with Crippen LogP contribution >= 0.6 is 11.6 Å². The van der Waals surface area contributed by atoms with Crippen molar-refractivity contribution in [1.82, 2.24) is 14.5 Å². The van der Waals surface area contributed by atoms with Crippen LogP contribution in [0.1, 0.15) is 46.5 Å². The summed E-state index contributed by atoms with van der Waals surface area (Å²) >= 11 is 6.09. The van der Waals surface area contributed by atoms with Crippen molar-refractivity contribution in [3.63, 3.8) is 0 Å². The van der Waals surface area contributed by atoms with Crippen molar-refractivity contribution in [2.75, 3.05) is 0 Å². The predicted octanol–water partition coefficient (Wildman–Crippen LogP) is 6.40. The fourth-order valence-corrected chi connectivity index (χ4v) is 3.99. The number of hydrogen-bond acceptors (Lipinski definition) is 2. The standard InChI is InChI=1S/C25H26ClN3/c1-16-12-23-24(13-17(16)2)29(15-20-5-7-22(26)8-6-20)25(28-23)18(3)11-21-9-10-27-14-19(21)4/h5-10,12-14,18H,11,15H2,1-4H3. The van der Waals surface area contributed by atoms with Crippen LogP contribution in [0.3, 0.4) is 0 Å². The van der Waals surface area contributed by atoms with Crippen molar-refractivity contribution in [2.24, 2.45) is 0 Å². The summed E-state index contributed by atoms with van der Waals surface area (Å²) in [4.78, 5) is 9.30.